The number of benzene rings is 3. The monoisotopic (exact) mass is 535 g/mol. The minimum Gasteiger partial charge on any atom is -0.329 e. The molecule has 1 unspecified atom stereocenters. The lowest BCUT2D eigenvalue weighted by Gasteiger charge is -2.31. The van der Waals surface area contributed by atoms with Crippen molar-refractivity contribution in [3.8, 4) is 5.69 Å². The van der Waals surface area contributed by atoms with E-state index < -0.39 is 6.04 Å². The maximum atomic E-state index is 13.9. The summed E-state index contributed by atoms with van der Waals surface area (Å²) in [5, 5.41) is 1.46. The number of aromatic nitrogens is 2. The molecule has 192 valence electrons. The molecule has 4 rings (SSSR count). The Morgan fingerprint density at radius 2 is 1.65 bits per heavy atom. The molecular formula is C30H31Cl2N3O2. The topological polar surface area (TPSA) is 55.2 Å². The average molecular weight is 537 g/mol. The molecule has 1 aromatic heterocycles. The molecular weight excluding hydrogens is 505 g/mol. The molecule has 7 heteroatoms. The standard InChI is InChI=1S/C30H31Cl2N3O2/c1-4-5-6-11-19-34(29(36)22-13-7-9-15-25(22)32)21(3)28-33-26-17-10-8-14-23(26)30(37)35(28)27-18-12-16-24(31)20(27)2/h7-10,12-18,21H,4-6,11,19H2,1-3H3. The van der Waals surface area contributed by atoms with Gasteiger partial charge in [0.2, 0.25) is 0 Å². The fraction of sp³-hybridized carbons (Fsp3) is 0.300. The van der Waals surface area contributed by atoms with Crippen LogP contribution in [0.15, 0.2) is 71.5 Å². The Labute approximate surface area is 227 Å². The number of rotatable bonds is 9. The van der Waals surface area contributed by atoms with Crippen LogP contribution in [0.25, 0.3) is 16.6 Å². The predicted molar refractivity (Wildman–Crippen MR) is 152 cm³/mol. The van der Waals surface area contributed by atoms with Crippen LogP contribution in [0.1, 0.15) is 67.3 Å². The highest BCUT2D eigenvalue weighted by Crippen LogP contribution is 2.29. The molecule has 4 aromatic rings. The van der Waals surface area contributed by atoms with E-state index in [1.165, 1.54) is 0 Å². The molecule has 1 amide bonds. The van der Waals surface area contributed by atoms with Crippen molar-refractivity contribution < 1.29 is 4.79 Å². The quantitative estimate of drug-likeness (QED) is 0.205. The van der Waals surface area contributed by atoms with E-state index in [0.717, 1.165) is 31.2 Å². The first-order valence-electron chi connectivity index (χ1n) is 12.7. The van der Waals surface area contributed by atoms with Crippen molar-refractivity contribution in [3.63, 3.8) is 0 Å². The number of hydrogen-bond acceptors (Lipinski definition) is 3. The van der Waals surface area contributed by atoms with Crippen LogP contribution >= 0.6 is 23.2 Å². The Hall–Kier alpha value is -3.15. The summed E-state index contributed by atoms with van der Waals surface area (Å²) < 4.78 is 1.60. The van der Waals surface area contributed by atoms with E-state index in [9.17, 15) is 9.59 Å². The maximum Gasteiger partial charge on any atom is 0.266 e. The molecule has 0 saturated carbocycles. The molecule has 1 atom stereocenters. The second-order valence-corrected chi connectivity index (χ2v) is 10.0. The lowest BCUT2D eigenvalue weighted by atomic mass is 10.1. The highest BCUT2D eigenvalue weighted by molar-refractivity contribution is 6.33. The van der Waals surface area contributed by atoms with Gasteiger partial charge in [0.15, 0.2) is 0 Å². The van der Waals surface area contributed by atoms with Crippen molar-refractivity contribution in [2.75, 3.05) is 6.54 Å². The van der Waals surface area contributed by atoms with Gasteiger partial charge in [0.05, 0.1) is 33.2 Å². The number of amides is 1. The van der Waals surface area contributed by atoms with Crippen molar-refractivity contribution in [1.29, 1.82) is 0 Å². The molecule has 0 N–H and O–H groups in total. The van der Waals surface area contributed by atoms with Crippen molar-refractivity contribution in [2.45, 2.75) is 52.5 Å². The van der Waals surface area contributed by atoms with Crippen LogP contribution in [-0.4, -0.2) is 26.9 Å². The van der Waals surface area contributed by atoms with Gasteiger partial charge in [0, 0.05) is 11.6 Å². The number of halogens is 2. The lowest BCUT2D eigenvalue weighted by molar-refractivity contribution is 0.0677. The van der Waals surface area contributed by atoms with Crippen LogP contribution in [0.4, 0.5) is 0 Å². The molecule has 0 saturated heterocycles. The number of fused-ring (bicyclic) bond motifs is 1. The van der Waals surface area contributed by atoms with Crippen molar-refractivity contribution in [2.24, 2.45) is 0 Å². The highest BCUT2D eigenvalue weighted by Gasteiger charge is 2.29. The van der Waals surface area contributed by atoms with Crippen molar-refractivity contribution in [3.05, 3.63) is 104 Å². The third-order valence-corrected chi connectivity index (χ3v) is 7.48. The Morgan fingerprint density at radius 3 is 2.41 bits per heavy atom. The average Bonchev–Trinajstić information content (AvgIpc) is 2.90. The smallest absolute Gasteiger partial charge is 0.266 e. The summed E-state index contributed by atoms with van der Waals surface area (Å²) in [7, 11) is 0. The van der Waals surface area contributed by atoms with E-state index in [1.807, 2.05) is 44.2 Å². The lowest BCUT2D eigenvalue weighted by Crippen LogP contribution is -2.38. The molecule has 0 radical (unpaired) electrons. The van der Waals surface area contributed by atoms with Crippen LogP contribution in [0, 0.1) is 6.92 Å². The SMILES string of the molecule is CCCCCCN(C(=O)c1ccccc1Cl)C(C)c1nc2ccccc2c(=O)n1-c1cccc(Cl)c1C. The molecule has 1 heterocycles. The zero-order valence-electron chi connectivity index (χ0n) is 21.4. The van der Waals surface area contributed by atoms with E-state index in [2.05, 4.69) is 6.92 Å². The molecule has 5 nitrogen and oxygen atoms in total. The third-order valence-electron chi connectivity index (χ3n) is 6.74. The zero-order valence-corrected chi connectivity index (χ0v) is 22.9. The molecule has 37 heavy (non-hydrogen) atoms. The van der Waals surface area contributed by atoms with Gasteiger partial charge in [-0.05, 0) is 62.2 Å². The highest BCUT2D eigenvalue weighted by atomic mass is 35.5. The summed E-state index contributed by atoms with van der Waals surface area (Å²) in [4.78, 5) is 34.5. The summed E-state index contributed by atoms with van der Waals surface area (Å²) in [5.74, 6) is 0.288. The Kier molecular flexibility index (Phi) is 8.67. The van der Waals surface area contributed by atoms with Gasteiger partial charge in [-0.1, -0.05) is 79.7 Å². The van der Waals surface area contributed by atoms with Crippen molar-refractivity contribution >= 4 is 40.0 Å². The van der Waals surface area contributed by atoms with Gasteiger partial charge in [0.25, 0.3) is 11.5 Å². The molecule has 3 aromatic carbocycles. The second-order valence-electron chi connectivity index (χ2n) is 9.23. The number of hydrogen-bond donors (Lipinski definition) is 0. The number of nitrogens with zero attached hydrogens (tertiary/aromatic N) is 3. The molecule has 0 aliphatic carbocycles. The number of unbranched alkanes of at least 4 members (excludes halogenated alkanes) is 3. The Bertz CT molecular complexity index is 1480. The molecule has 0 spiro atoms. The number of carbonyl (C=O) groups is 1. The molecule has 0 aliphatic heterocycles. The maximum absolute atomic E-state index is 13.9. The normalized spacial score (nSPS) is 12.0. The first-order chi connectivity index (χ1) is 17.8. The van der Waals surface area contributed by atoms with E-state index in [1.54, 1.807) is 45.9 Å². The van der Waals surface area contributed by atoms with Gasteiger partial charge in [-0.3, -0.25) is 14.2 Å². The van der Waals surface area contributed by atoms with Gasteiger partial charge in [-0.25, -0.2) is 4.98 Å². The van der Waals surface area contributed by atoms with Crippen LogP contribution in [0.3, 0.4) is 0 Å². The van der Waals surface area contributed by atoms with Crippen LogP contribution < -0.4 is 5.56 Å². The fourth-order valence-corrected chi connectivity index (χ4v) is 5.00. The largest absolute Gasteiger partial charge is 0.329 e. The van der Waals surface area contributed by atoms with Crippen LogP contribution in [0.2, 0.25) is 10.0 Å². The number of para-hydroxylation sites is 1. The van der Waals surface area contributed by atoms with Crippen LogP contribution in [-0.2, 0) is 0 Å². The van der Waals surface area contributed by atoms with E-state index in [4.69, 9.17) is 28.2 Å². The fourth-order valence-electron chi connectivity index (χ4n) is 4.61. The molecule has 0 bridgehead atoms. The first kappa shape index (κ1) is 26.9. The van der Waals surface area contributed by atoms with Gasteiger partial charge in [0.1, 0.15) is 5.82 Å². The first-order valence-corrected chi connectivity index (χ1v) is 13.4. The predicted octanol–water partition coefficient (Wildman–Crippen LogP) is 7.78. The number of carbonyl (C=O) groups excluding carboxylic acids is 1. The van der Waals surface area contributed by atoms with Gasteiger partial charge in [-0.15, -0.1) is 0 Å². The summed E-state index contributed by atoms with van der Waals surface area (Å²) in [6.45, 7) is 6.47. The minimum atomic E-state index is -0.513. The summed E-state index contributed by atoms with van der Waals surface area (Å²) in [5.41, 5.74) is 2.23. The van der Waals surface area contributed by atoms with Gasteiger partial charge in [-0.2, -0.15) is 0 Å². The zero-order chi connectivity index (χ0) is 26.5. The van der Waals surface area contributed by atoms with Gasteiger partial charge >= 0.3 is 0 Å². The summed E-state index contributed by atoms with van der Waals surface area (Å²) in [6, 6.07) is 19.3. The van der Waals surface area contributed by atoms with E-state index >= 15 is 0 Å². The summed E-state index contributed by atoms with van der Waals surface area (Å²) in [6.07, 6.45) is 4.01. The summed E-state index contributed by atoms with van der Waals surface area (Å²) >= 11 is 12.9. The van der Waals surface area contributed by atoms with Crippen LogP contribution in [0.5, 0.6) is 0 Å². The van der Waals surface area contributed by atoms with Crippen molar-refractivity contribution in [1.82, 2.24) is 14.5 Å². The van der Waals surface area contributed by atoms with Gasteiger partial charge < -0.3 is 4.90 Å². The van der Waals surface area contributed by atoms with E-state index in [-0.39, 0.29) is 11.5 Å². The Balaban J connectivity index is 1.91. The molecule has 0 fully saturated rings. The second kappa shape index (κ2) is 11.9. The molecule has 0 aliphatic rings. The third kappa shape index (κ3) is 5.58. The minimum absolute atomic E-state index is 0.189. The Morgan fingerprint density at radius 1 is 0.946 bits per heavy atom. The van der Waals surface area contributed by atoms with E-state index in [0.29, 0.717) is 44.6 Å².